The van der Waals surface area contributed by atoms with E-state index >= 15 is 0 Å². The molecule has 0 unspecified atom stereocenters. The second-order valence-corrected chi connectivity index (χ2v) is 9.27. The van der Waals surface area contributed by atoms with Crippen LogP contribution in [-0.2, 0) is 9.53 Å². The molecule has 1 aliphatic rings. The number of carbonyl (C=O) groups excluding carboxylic acids is 2. The average Bonchev–Trinajstić information content (AvgIpc) is 3.15. The average molecular weight is 470 g/mol. The molecule has 4 rings (SSSR count). The van der Waals surface area contributed by atoms with Crippen LogP contribution in [-0.4, -0.2) is 63.1 Å². The van der Waals surface area contributed by atoms with Gasteiger partial charge in [0.15, 0.2) is 0 Å². The number of piperidine rings is 1. The van der Waals surface area contributed by atoms with Crippen LogP contribution in [0.15, 0.2) is 36.5 Å². The van der Waals surface area contributed by atoms with Crippen molar-refractivity contribution in [1.82, 2.24) is 19.9 Å². The van der Waals surface area contributed by atoms with E-state index in [9.17, 15) is 14.0 Å². The van der Waals surface area contributed by atoms with Gasteiger partial charge in [-0.3, -0.25) is 19.8 Å². The van der Waals surface area contributed by atoms with E-state index in [1.165, 1.54) is 24.3 Å². The van der Waals surface area contributed by atoms with E-state index in [2.05, 4.69) is 25.2 Å². The Morgan fingerprint density at radius 2 is 1.91 bits per heavy atom. The van der Waals surface area contributed by atoms with Gasteiger partial charge >= 0.3 is 5.97 Å². The number of H-pyrrole nitrogens is 1. The molecule has 34 heavy (non-hydrogen) atoms. The fourth-order valence-corrected chi connectivity index (χ4v) is 3.71. The molecule has 180 valence electrons. The lowest BCUT2D eigenvalue weighted by atomic mass is 10.1. The fraction of sp³-hybridized carbons (Fsp3) is 0.417. The standard InChI is InChI=1S/C24H28FN5O4/c1-24(2,3)34-21(31)14-30-10-8-17(9-11-30)33-20-12-18-19(13-26-20)28-23(27-18)29-22(32)15-4-6-16(25)7-5-15/h4-7,12-13,17H,8-11,14H2,1-3H3,(H2,27,28,29,32). The van der Waals surface area contributed by atoms with E-state index in [1.807, 2.05) is 20.8 Å². The normalized spacial score (nSPS) is 15.3. The third kappa shape index (κ3) is 6.28. The first kappa shape index (κ1) is 23.6. The molecule has 9 nitrogen and oxygen atoms in total. The molecule has 2 aromatic heterocycles. The lowest BCUT2D eigenvalue weighted by Crippen LogP contribution is -2.42. The van der Waals surface area contributed by atoms with Gasteiger partial charge in [-0.25, -0.2) is 14.4 Å². The summed E-state index contributed by atoms with van der Waals surface area (Å²) in [6, 6.07) is 6.97. The SMILES string of the molecule is CC(C)(C)OC(=O)CN1CCC(Oc2cc3nc(NC(=O)c4ccc(F)cc4)[nH]c3cn2)CC1. The van der Waals surface area contributed by atoms with Gasteiger partial charge in [0, 0.05) is 24.7 Å². The molecule has 0 saturated carbocycles. The maximum Gasteiger partial charge on any atom is 0.320 e. The molecule has 0 aliphatic carbocycles. The molecule has 3 aromatic rings. The lowest BCUT2D eigenvalue weighted by molar-refractivity contribution is -0.156. The Morgan fingerprint density at radius 3 is 2.59 bits per heavy atom. The summed E-state index contributed by atoms with van der Waals surface area (Å²) in [7, 11) is 0. The fourth-order valence-electron chi connectivity index (χ4n) is 3.71. The topological polar surface area (TPSA) is 109 Å². The molecule has 0 atom stereocenters. The summed E-state index contributed by atoms with van der Waals surface area (Å²) in [4.78, 5) is 38.1. The molecule has 1 saturated heterocycles. The molecule has 3 heterocycles. The van der Waals surface area contributed by atoms with Crippen LogP contribution in [0.5, 0.6) is 5.88 Å². The van der Waals surface area contributed by atoms with Gasteiger partial charge in [-0.1, -0.05) is 0 Å². The van der Waals surface area contributed by atoms with Gasteiger partial charge in [0.25, 0.3) is 5.91 Å². The summed E-state index contributed by atoms with van der Waals surface area (Å²) in [6.07, 6.45) is 3.11. The number of carbonyl (C=O) groups is 2. The molecule has 0 radical (unpaired) electrons. The molecule has 10 heteroatoms. The van der Waals surface area contributed by atoms with Gasteiger partial charge < -0.3 is 14.5 Å². The Labute approximate surface area is 196 Å². The number of anilines is 1. The zero-order valence-electron chi connectivity index (χ0n) is 19.4. The highest BCUT2D eigenvalue weighted by molar-refractivity contribution is 6.03. The minimum Gasteiger partial charge on any atom is -0.474 e. The number of pyridine rings is 1. The zero-order chi connectivity index (χ0) is 24.3. The Hall–Kier alpha value is -3.53. The second kappa shape index (κ2) is 9.76. The molecule has 2 N–H and O–H groups in total. The third-order valence-electron chi connectivity index (χ3n) is 5.28. The van der Waals surface area contributed by atoms with Crippen molar-refractivity contribution < 1.29 is 23.5 Å². The molecule has 1 aromatic carbocycles. The van der Waals surface area contributed by atoms with Gasteiger partial charge in [-0.15, -0.1) is 0 Å². The quantitative estimate of drug-likeness (QED) is 0.532. The van der Waals surface area contributed by atoms with Crippen molar-refractivity contribution >= 4 is 28.9 Å². The van der Waals surface area contributed by atoms with Crippen LogP contribution in [0.1, 0.15) is 44.0 Å². The van der Waals surface area contributed by atoms with E-state index < -0.39 is 17.3 Å². The van der Waals surface area contributed by atoms with Gasteiger partial charge in [0.2, 0.25) is 11.8 Å². The Balaban J connectivity index is 1.31. The maximum atomic E-state index is 13.1. The number of fused-ring (bicyclic) bond motifs is 1. The summed E-state index contributed by atoms with van der Waals surface area (Å²) in [6.45, 7) is 7.31. The minimum absolute atomic E-state index is 0.0172. The number of aromatic amines is 1. The number of ether oxygens (including phenoxy) is 2. The summed E-state index contributed by atoms with van der Waals surface area (Å²) in [5, 5.41) is 2.66. The van der Waals surface area contributed by atoms with Crippen molar-refractivity contribution in [1.29, 1.82) is 0 Å². The van der Waals surface area contributed by atoms with Gasteiger partial charge in [-0.2, -0.15) is 0 Å². The Kier molecular flexibility index (Phi) is 6.78. The van der Waals surface area contributed by atoms with Crippen molar-refractivity contribution in [2.45, 2.75) is 45.3 Å². The predicted octanol–water partition coefficient (Wildman–Crippen LogP) is 3.53. The Morgan fingerprint density at radius 1 is 1.21 bits per heavy atom. The number of nitrogens with one attached hydrogen (secondary N) is 2. The largest absolute Gasteiger partial charge is 0.474 e. The van der Waals surface area contributed by atoms with Crippen molar-refractivity contribution in [2.75, 3.05) is 25.0 Å². The summed E-state index contributed by atoms with van der Waals surface area (Å²) < 4.78 is 24.5. The molecular formula is C24H28FN5O4. The molecular weight excluding hydrogens is 441 g/mol. The minimum atomic E-state index is -0.487. The van der Waals surface area contributed by atoms with Crippen LogP contribution >= 0.6 is 0 Å². The number of aromatic nitrogens is 3. The number of likely N-dealkylation sites (tertiary alicyclic amines) is 1. The first-order chi connectivity index (χ1) is 16.1. The smallest absolute Gasteiger partial charge is 0.320 e. The third-order valence-corrected chi connectivity index (χ3v) is 5.28. The maximum absolute atomic E-state index is 13.1. The number of benzene rings is 1. The van der Waals surface area contributed by atoms with Crippen LogP contribution in [0.2, 0.25) is 0 Å². The number of rotatable bonds is 6. The highest BCUT2D eigenvalue weighted by Gasteiger charge is 2.25. The predicted molar refractivity (Wildman–Crippen MR) is 124 cm³/mol. The van der Waals surface area contributed by atoms with Gasteiger partial charge in [0.05, 0.1) is 23.8 Å². The van der Waals surface area contributed by atoms with E-state index in [0.717, 1.165) is 25.9 Å². The number of hydrogen-bond acceptors (Lipinski definition) is 7. The second-order valence-electron chi connectivity index (χ2n) is 9.27. The van der Waals surface area contributed by atoms with E-state index in [1.54, 1.807) is 12.3 Å². The monoisotopic (exact) mass is 469 g/mol. The zero-order valence-corrected chi connectivity index (χ0v) is 19.4. The molecule has 0 spiro atoms. The highest BCUT2D eigenvalue weighted by Crippen LogP contribution is 2.22. The number of nitrogens with zero attached hydrogens (tertiary/aromatic N) is 3. The molecule has 0 bridgehead atoms. The number of imidazole rings is 1. The van der Waals surface area contributed by atoms with Gasteiger partial charge in [-0.05, 0) is 57.9 Å². The summed E-state index contributed by atoms with van der Waals surface area (Å²) in [5.74, 6) is -0.325. The van der Waals surface area contributed by atoms with Crippen LogP contribution in [0, 0.1) is 5.82 Å². The highest BCUT2D eigenvalue weighted by atomic mass is 19.1. The lowest BCUT2D eigenvalue weighted by Gasteiger charge is -2.31. The molecule has 1 aliphatic heterocycles. The summed E-state index contributed by atoms with van der Waals surface area (Å²) >= 11 is 0. The number of hydrogen-bond donors (Lipinski definition) is 2. The Bertz CT molecular complexity index is 1160. The first-order valence-electron chi connectivity index (χ1n) is 11.2. The van der Waals surface area contributed by atoms with Crippen LogP contribution in [0.3, 0.4) is 0 Å². The van der Waals surface area contributed by atoms with Gasteiger partial charge in [0.1, 0.15) is 17.5 Å². The van der Waals surface area contributed by atoms with Crippen molar-refractivity contribution in [3.63, 3.8) is 0 Å². The number of halogens is 1. The van der Waals surface area contributed by atoms with E-state index in [0.29, 0.717) is 22.5 Å². The van der Waals surface area contributed by atoms with Crippen LogP contribution < -0.4 is 10.1 Å². The van der Waals surface area contributed by atoms with Crippen LogP contribution in [0.25, 0.3) is 11.0 Å². The number of esters is 1. The van der Waals surface area contributed by atoms with Crippen LogP contribution in [0.4, 0.5) is 10.3 Å². The van der Waals surface area contributed by atoms with E-state index in [4.69, 9.17) is 9.47 Å². The number of amides is 1. The molecule has 1 fully saturated rings. The summed E-state index contributed by atoms with van der Waals surface area (Å²) in [5.41, 5.74) is 1.08. The van der Waals surface area contributed by atoms with Crippen molar-refractivity contribution in [2.24, 2.45) is 0 Å². The first-order valence-corrected chi connectivity index (χ1v) is 11.2. The van der Waals surface area contributed by atoms with Crippen molar-refractivity contribution in [3.8, 4) is 5.88 Å². The van der Waals surface area contributed by atoms with E-state index in [-0.39, 0.29) is 24.6 Å². The van der Waals surface area contributed by atoms with Crippen molar-refractivity contribution in [3.05, 3.63) is 47.9 Å². The molecule has 1 amide bonds.